The zero-order chi connectivity index (χ0) is 16.4. The van der Waals surface area contributed by atoms with Crippen molar-refractivity contribution in [3.8, 4) is 6.07 Å². The molecule has 0 aliphatic rings. The quantitative estimate of drug-likeness (QED) is 0.606. The van der Waals surface area contributed by atoms with Gasteiger partial charge in [0.15, 0.2) is 0 Å². The molecule has 0 spiro atoms. The lowest BCUT2D eigenvalue weighted by Crippen LogP contribution is -1.93. The van der Waals surface area contributed by atoms with Crippen molar-refractivity contribution in [2.45, 2.75) is 12.8 Å². The molecule has 24 heavy (non-hydrogen) atoms. The zero-order valence-corrected chi connectivity index (χ0v) is 13.0. The Morgan fingerprint density at radius 1 is 0.958 bits per heavy atom. The van der Waals surface area contributed by atoms with Gasteiger partial charge in [-0.25, -0.2) is 9.97 Å². The summed E-state index contributed by atoms with van der Waals surface area (Å²) in [5.74, 6) is 0.920. The third kappa shape index (κ3) is 2.90. The summed E-state index contributed by atoms with van der Waals surface area (Å²) in [5, 5.41) is 9.95. The summed E-state index contributed by atoms with van der Waals surface area (Å²) in [5.41, 5.74) is 4.88. The maximum absolute atomic E-state index is 8.84. The number of hydrogen-bond acceptors (Lipinski definition) is 3. The molecule has 5 nitrogen and oxygen atoms in total. The Bertz CT molecular complexity index is 985. The molecule has 5 heteroatoms. The molecule has 0 unspecified atom stereocenters. The number of aromatic nitrogens is 4. The molecule has 3 aromatic heterocycles. The zero-order valence-electron chi connectivity index (χ0n) is 13.0. The van der Waals surface area contributed by atoms with Gasteiger partial charge < -0.3 is 9.97 Å². The number of pyridine rings is 1. The number of imidazole rings is 1. The molecule has 0 atom stereocenters. The summed E-state index contributed by atoms with van der Waals surface area (Å²) in [6, 6.07) is 15.8. The van der Waals surface area contributed by atoms with E-state index in [0.717, 1.165) is 46.7 Å². The maximum atomic E-state index is 8.84. The number of benzene rings is 1. The van der Waals surface area contributed by atoms with E-state index < -0.39 is 0 Å². The van der Waals surface area contributed by atoms with Crippen molar-refractivity contribution >= 4 is 11.0 Å². The second kappa shape index (κ2) is 6.01. The molecule has 0 bridgehead atoms. The number of nitriles is 1. The molecule has 0 aliphatic heterocycles. The number of fused-ring (bicyclic) bond motifs is 1. The first-order valence-electron chi connectivity index (χ1n) is 7.74. The molecule has 0 fully saturated rings. The van der Waals surface area contributed by atoms with Gasteiger partial charge in [0.25, 0.3) is 0 Å². The molecule has 2 N–H and O–H groups in total. The SMILES string of the molecule is N#Cc1ccc(Cc2ncc(Cc3cc4cccnc4[nH]3)[nH]2)cc1. The Morgan fingerprint density at radius 3 is 2.62 bits per heavy atom. The normalized spacial score (nSPS) is 10.8. The molecular formula is C19H15N5. The van der Waals surface area contributed by atoms with Gasteiger partial charge >= 0.3 is 0 Å². The summed E-state index contributed by atoms with van der Waals surface area (Å²) in [7, 11) is 0. The Labute approximate surface area is 139 Å². The molecule has 0 saturated heterocycles. The van der Waals surface area contributed by atoms with E-state index in [1.165, 1.54) is 0 Å². The molecule has 4 rings (SSSR count). The van der Waals surface area contributed by atoms with Gasteiger partial charge in [-0.2, -0.15) is 5.26 Å². The van der Waals surface area contributed by atoms with Gasteiger partial charge in [-0.05, 0) is 35.9 Å². The molecule has 0 aliphatic carbocycles. The van der Waals surface area contributed by atoms with Crippen LogP contribution in [0.1, 0.15) is 28.3 Å². The summed E-state index contributed by atoms with van der Waals surface area (Å²) >= 11 is 0. The van der Waals surface area contributed by atoms with Gasteiger partial charge in [-0.3, -0.25) is 0 Å². The van der Waals surface area contributed by atoms with Crippen molar-refractivity contribution in [1.29, 1.82) is 5.26 Å². The predicted molar refractivity (Wildman–Crippen MR) is 91.5 cm³/mol. The van der Waals surface area contributed by atoms with Crippen LogP contribution in [0.25, 0.3) is 11.0 Å². The summed E-state index contributed by atoms with van der Waals surface area (Å²) in [6.45, 7) is 0. The first kappa shape index (κ1) is 14.2. The van der Waals surface area contributed by atoms with E-state index in [-0.39, 0.29) is 0 Å². The van der Waals surface area contributed by atoms with E-state index in [1.807, 2.05) is 42.6 Å². The smallest absolute Gasteiger partial charge is 0.137 e. The molecule has 116 valence electrons. The van der Waals surface area contributed by atoms with Crippen molar-refractivity contribution in [2.24, 2.45) is 0 Å². The lowest BCUT2D eigenvalue weighted by Gasteiger charge is -1.98. The van der Waals surface area contributed by atoms with Crippen molar-refractivity contribution in [3.63, 3.8) is 0 Å². The fourth-order valence-electron chi connectivity index (χ4n) is 2.79. The monoisotopic (exact) mass is 313 g/mol. The summed E-state index contributed by atoms with van der Waals surface area (Å²) < 4.78 is 0. The minimum absolute atomic E-state index is 0.673. The third-order valence-electron chi connectivity index (χ3n) is 3.96. The topological polar surface area (TPSA) is 81.2 Å². The van der Waals surface area contributed by atoms with Crippen LogP contribution in [-0.4, -0.2) is 19.9 Å². The first-order chi connectivity index (χ1) is 11.8. The second-order valence-electron chi connectivity index (χ2n) is 5.75. The predicted octanol–water partition coefficient (Wildman–Crippen LogP) is 3.34. The number of nitrogens with one attached hydrogen (secondary N) is 2. The largest absolute Gasteiger partial charge is 0.345 e. The Hall–Kier alpha value is -3.39. The van der Waals surface area contributed by atoms with E-state index in [4.69, 9.17) is 5.26 Å². The lowest BCUT2D eigenvalue weighted by molar-refractivity contribution is 0.990. The van der Waals surface area contributed by atoms with Crippen LogP contribution in [0.4, 0.5) is 0 Å². The lowest BCUT2D eigenvalue weighted by atomic mass is 10.1. The molecular weight excluding hydrogens is 298 g/mol. The number of hydrogen-bond donors (Lipinski definition) is 2. The van der Waals surface area contributed by atoms with Crippen LogP contribution in [0.2, 0.25) is 0 Å². The standard InChI is InChI=1S/C19H15N5/c20-11-14-5-3-13(4-6-14)8-18-22-12-17(23-18)10-16-9-15-2-1-7-21-19(15)24-16/h1-7,9,12H,8,10H2,(H,21,24)(H,22,23). The number of rotatable bonds is 4. The Balaban J connectivity index is 1.48. The van der Waals surface area contributed by atoms with Crippen molar-refractivity contribution in [2.75, 3.05) is 0 Å². The molecule has 0 radical (unpaired) electrons. The van der Waals surface area contributed by atoms with E-state index >= 15 is 0 Å². The van der Waals surface area contributed by atoms with E-state index in [0.29, 0.717) is 5.56 Å². The van der Waals surface area contributed by atoms with Crippen LogP contribution in [0.3, 0.4) is 0 Å². The van der Waals surface area contributed by atoms with Crippen LogP contribution < -0.4 is 0 Å². The molecule has 0 saturated carbocycles. The van der Waals surface area contributed by atoms with Crippen molar-refractivity contribution in [1.82, 2.24) is 19.9 Å². The van der Waals surface area contributed by atoms with E-state index in [2.05, 4.69) is 32.1 Å². The van der Waals surface area contributed by atoms with E-state index in [1.54, 1.807) is 6.20 Å². The van der Waals surface area contributed by atoms with E-state index in [9.17, 15) is 0 Å². The number of aromatic amines is 2. The third-order valence-corrected chi connectivity index (χ3v) is 3.96. The summed E-state index contributed by atoms with van der Waals surface area (Å²) in [4.78, 5) is 15.5. The Morgan fingerprint density at radius 2 is 1.83 bits per heavy atom. The number of nitrogens with zero attached hydrogens (tertiary/aromatic N) is 3. The maximum Gasteiger partial charge on any atom is 0.137 e. The van der Waals surface area contributed by atoms with Gasteiger partial charge in [0.05, 0.1) is 11.6 Å². The highest BCUT2D eigenvalue weighted by molar-refractivity contribution is 5.76. The van der Waals surface area contributed by atoms with Crippen LogP contribution in [0.15, 0.2) is 54.9 Å². The fourth-order valence-corrected chi connectivity index (χ4v) is 2.79. The number of H-pyrrole nitrogens is 2. The minimum atomic E-state index is 0.673. The van der Waals surface area contributed by atoms with Crippen LogP contribution in [0, 0.1) is 11.3 Å². The van der Waals surface area contributed by atoms with Gasteiger partial charge in [0.1, 0.15) is 11.5 Å². The van der Waals surface area contributed by atoms with Gasteiger partial charge in [-0.1, -0.05) is 12.1 Å². The van der Waals surface area contributed by atoms with Gasteiger partial charge in [0.2, 0.25) is 0 Å². The highest BCUT2D eigenvalue weighted by atomic mass is 14.9. The second-order valence-corrected chi connectivity index (χ2v) is 5.75. The minimum Gasteiger partial charge on any atom is -0.345 e. The van der Waals surface area contributed by atoms with Crippen LogP contribution in [0.5, 0.6) is 0 Å². The van der Waals surface area contributed by atoms with Gasteiger partial charge in [-0.15, -0.1) is 0 Å². The molecule has 4 aromatic rings. The average molecular weight is 313 g/mol. The molecule has 1 aromatic carbocycles. The molecule has 3 heterocycles. The first-order valence-corrected chi connectivity index (χ1v) is 7.74. The highest BCUT2D eigenvalue weighted by Crippen LogP contribution is 2.15. The van der Waals surface area contributed by atoms with Crippen LogP contribution in [-0.2, 0) is 12.8 Å². The van der Waals surface area contributed by atoms with Crippen molar-refractivity contribution in [3.05, 3.63) is 83.2 Å². The molecule has 0 amide bonds. The Kier molecular flexibility index (Phi) is 3.56. The average Bonchev–Trinajstić information content (AvgIpc) is 3.22. The summed E-state index contributed by atoms with van der Waals surface area (Å²) in [6.07, 6.45) is 5.14. The van der Waals surface area contributed by atoms with Crippen molar-refractivity contribution < 1.29 is 0 Å². The van der Waals surface area contributed by atoms with Gasteiger partial charge in [0, 0.05) is 42.0 Å². The highest BCUT2D eigenvalue weighted by Gasteiger charge is 2.06. The van der Waals surface area contributed by atoms with Crippen LogP contribution >= 0.6 is 0 Å². The fraction of sp³-hybridized carbons (Fsp3) is 0.105.